The van der Waals surface area contributed by atoms with Crippen molar-refractivity contribution in [3.05, 3.63) is 70.8 Å². The molecule has 2 aromatic carbocycles. The number of hydrogen-bond donors (Lipinski definition) is 1. The largest absolute Gasteiger partial charge is 0.507 e. The summed E-state index contributed by atoms with van der Waals surface area (Å²) >= 11 is 14.3. The van der Waals surface area contributed by atoms with Crippen molar-refractivity contribution in [1.82, 2.24) is 4.90 Å². The van der Waals surface area contributed by atoms with Gasteiger partial charge in [0.1, 0.15) is 5.75 Å². The minimum Gasteiger partial charge on any atom is -0.507 e. The fraction of sp³-hybridized carbons (Fsp3) is 0.400. The number of carbonyl (C=O) groups is 4. The molecule has 4 aliphatic rings. The molecule has 39 heavy (non-hydrogen) atoms. The Kier molecular flexibility index (Phi) is 5.80. The van der Waals surface area contributed by atoms with Crippen LogP contribution in [0.2, 0.25) is 0 Å². The number of anilines is 1. The number of aromatic hydroxyl groups is 1. The van der Waals surface area contributed by atoms with Gasteiger partial charge in [-0.2, -0.15) is 0 Å². The van der Waals surface area contributed by atoms with E-state index in [1.54, 1.807) is 37.3 Å². The highest BCUT2D eigenvalue weighted by Crippen LogP contribution is 2.66. The van der Waals surface area contributed by atoms with E-state index in [9.17, 15) is 24.3 Å². The number of alkyl halides is 2. The molecule has 2 heterocycles. The maximum atomic E-state index is 14.0. The third kappa shape index (κ3) is 3.23. The molecule has 1 saturated carbocycles. The number of rotatable bonds is 3. The smallest absolute Gasteiger partial charge is 0.253 e. The number of amides is 4. The number of allylic oxidation sites excluding steroid dienone is 2. The van der Waals surface area contributed by atoms with Crippen LogP contribution in [0.15, 0.2) is 54.1 Å². The van der Waals surface area contributed by atoms with Crippen molar-refractivity contribution < 1.29 is 24.3 Å². The van der Waals surface area contributed by atoms with Crippen molar-refractivity contribution >= 4 is 52.5 Å². The third-order valence-corrected chi connectivity index (χ3v) is 10.6. The standard InChI is InChI=1S/C30H28Cl2N2O5/c1-4-16-8-10-17(11-9-16)34-25(36)19-13-12-18-21(22(19)26(34)37)14-29(31)27(38)33(3)28(39)30(29,32)23(18)20-7-5-6-15(2)24(20)35/h5-12,19,21-23,35H,4,13-14H2,1-3H3. The summed E-state index contributed by atoms with van der Waals surface area (Å²) in [6, 6.07) is 12.5. The highest BCUT2D eigenvalue weighted by molar-refractivity contribution is 6.53. The topological polar surface area (TPSA) is 95.0 Å². The van der Waals surface area contributed by atoms with Crippen LogP contribution in [0.1, 0.15) is 42.4 Å². The van der Waals surface area contributed by atoms with Crippen molar-refractivity contribution in [3.63, 3.8) is 0 Å². The first-order chi connectivity index (χ1) is 18.5. The summed E-state index contributed by atoms with van der Waals surface area (Å²) in [6.45, 7) is 3.76. The number of phenols is 1. The predicted octanol–water partition coefficient (Wildman–Crippen LogP) is 4.46. The summed E-state index contributed by atoms with van der Waals surface area (Å²) in [5, 5.41) is 11.1. The lowest BCUT2D eigenvalue weighted by Gasteiger charge is -2.50. The maximum Gasteiger partial charge on any atom is 0.253 e. The normalized spacial score (nSPS) is 33.7. The zero-order valence-corrected chi connectivity index (χ0v) is 23.3. The van der Waals surface area contributed by atoms with Crippen LogP contribution >= 0.6 is 23.2 Å². The van der Waals surface area contributed by atoms with Gasteiger partial charge in [0.25, 0.3) is 11.8 Å². The highest BCUT2D eigenvalue weighted by Gasteiger charge is 2.76. The molecule has 3 fully saturated rings. The van der Waals surface area contributed by atoms with Gasteiger partial charge in [-0.15, -0.1) is 23.2 Å². The van der Waals surface area contributed by atoms with Crippen molar-refractivity contribution in [1.29, 1.82) is 0 Å². The van der Waals surface area contributed by atoms with Crippen molar-refractivity contribution in [2.45, 2.75) is 48.8 Å². The van der Waals surface area contributed by atoms with Crippen LogP contribution in [-0.2, 0) is 25.6 Å². The van der Waals surface area contributed by atoms with E-state index in [4.69, 9.17) is 23.2 Å². The number of carbonyl (C=O) groups excluding carboxylic acids is 4. The summed E-state index contributed by atoms with van der Waals surface area (Å²) in [4.78, 5) is 53.1. The fourth-order valence-corrected chi connectivity index (χ4v) is 8.15. The molecule has 1 N–H and O–H groups in total. The molecule has 2 aromatic rings. The number of halogens is 2. The van der Waals surface area contributed by atoms with Crippen LogP contribution < -0.4 is 4.90 Å². The lowest BCUT2D eigenvalue weighted by molar-refractivity contribution is -0.138. The molecule has 6 atom stereocenters. The molecule has 7 nitrogen and oxygen atoms in total. The van der Waals surface area contributed by atoms with Crippen LogP contribution in [-0.4, -0.2) is 50.4 Å². The second-order valence-corrected chi connectivity index (χ2v) is 12.3. The number of nitrogens with zero attached hydrogens (tertiary/aromatic N) is 2. The predicted molar refractivity (Wildman–Crippen MR) is 147 cm³/mol. The average Bonchev–Trinajstić information content (AvgIpc) is 3.25. The van der Waals surface area contributed by atoms with Gasteiger partial charge in [-0.05, 0) is 55.4 Å². The maximum absolute atomic E-state index is 14.0. The summed E-state index contributed by atoms with van der Waals surface area (Å²) in [7, 11) is 1.34. The van der Waals surface area contributed by atoms with Gasteiger partial charge < -0.3 is 5.11 Å². The van der Waals surface area contributed by atoms with Gasteiger partial charge in [0.05, 0.1) is 17.5 Å². The number of imide groups is 2. The monoisotopic (exact) mass is 566 g/mol. The number of benzene rings is 2. The molecule has 0 radical (unpaired) electrons. The molecular formula is C30H28Cl2N2O5. The molecule has 6 unspecified atom stereocenters. The lowest BCUT2D eigenvalue weighted by Crippen LogP contribution is -2.60. The van der Waals surface area contributed by atoms with E-state index in [-0.39, 0.29) is 30.4 Å². The van der Waals surface area contributed by atoms with Gasteiger partial charge in [-0.25, -0.2) is 0 Å². The van der Waals surface area contributed by atoms with Gasteiger partial charge >= 0.3 is 0 Å². The van der Waals surface area contributed by atoms with Gasteiger partial charge in [-0.1, -0.05) is 48.9 Å². The SMILES string of the molecule is CCc1ccc(N2C(=O)C3CC=C4C(CC5(Cl)C(=O)N(C)C(=O)C5(Cl)C4c4cccc(C)c4O)C3C2=O)cc1. The van der Waals surface area contributed by atoms with Crippen molar-refractivity contribution in [3.8, 4) is 5.75 Å². The molecule has 9 heteroatoms. The van der Waals surface area contributed by atoms with E-state index in [0.717, 1.165) is 16.9 Å². The first-order valence-electron chi connectivity index (χ1n) is 13.1. The van der Waals surface area contributed by atoms with E-state index >= 15 is 0 Å². The van der Waals surface area contributed by atoms with Gasteiger partial charge in [0.15, 0.2) is 9.75 Å². The Morgan fingerprint density at radius 3 is 2.33 bits per heavy atom. The molecule has 6 rings (SSSR count). The molecule has 2 aliphatic carbocycles. The van der Waals surface area contributed by atoms with Crippen LogP contribution in [0.5, 0.6) is 5.75 Å². The van der Waals surface area contributed by atoms with Crippen LogP contribution in [0.25, 0.3) is 0 Å². The Balaban J connectivity index is 1.51. The summed E-state index contributed by atoms with van der Waals surface area (Å²) < 4.78 is 0. The molecule has 4 amide bonds. The second-order valence-electron chi connectivity index (χ2n) is 11.0. The molecule has 0 aromatic heterocycles. The molecule has 0 bridgehead atoms. The number of likely N-dealkylation sites (tertiary alicyclic amines) is 1. The van der Waals surface area contributed by atoms with E-state index < -0.39 is 45.2 Å². The number of para-hydroxylation sites is 1. The van der Waals surface area contributed by atoms with Gasteiger partial charge in [0, 0.05) is 18.5 Å². The van der Waals surface area contributed by atoms with E-state index in [0.29, 0.717) is 22.4 Å². The summed E-state index contributed by atoms with van der Waals surface area (Å²) in [5.74, 6) is -5.00. The minimum absolute atomic E-state index is 0.0496. The Morgan fingerprint density at radius 1 is 0.974 bits per heavy atom. The number of aryl methyl sites for hydroxylation is 2. The molecule has 2 aliphatic heterocycles. The quantitative estimate of drug-likeness (QED) is 0.336. The Morgan fingerprint density at radius 2 is 1.67 bits per heavy atom. The van der Waals surface area contributed by atoms with E-state index in [1.807, 2.05) is 25.1 Å². The summed E-state index contributed by atoms with van der Waals surface area (Å²) in [6.07, 6.45) is 2.89. The zero-order chi connectivity index (χ0) is 28.0. The first-order valence-corrected chi connectivity index (χ1v) is 13.9. The number of hydrogen-bond acceptors (Lipinski definition) is 5. The van der Waals surface area contributed by atoms with E-state index in [2.05, 4.69) is 0 Å². The highest BCUT2D eigenvalue weighted by atomic mass is 35.5. The molecular weight excluding hydrogens is 539 g/mol. The number of phenolic OH excluding ortho intramolecular Hbond substituents is 1. The first kappa shape index (κ1) is 26.1. The zero-order valence-electron chi connectivity index (χ0n) is 21.8. The Bertz CT molecular complexity index is 1490. The van der Waals surface area contributed by atoms with Crippen LogP contribution in [0.4, 0.5) is 5.69 Å². The van der Waals surface area contributed by atoms with Crippen molar-refractivity contribution in [2.24, 2.45) is 17.8 Å². The van der Waals surface area contributed by atoms with Gasteiger partial charge in [0.2, 0.25) is 11.8 Å². The van der Waals surface area contributed by atoms with Crippen molar-refractivity contribution in [2.75, 3.05) is 11.9 Å². The fourth-order valence-electron chi connectivity index (χ4n) is 7.14. The molecule has 202 valence electrons. The lowest BCUT2D eigenvalue weighted by atomic mass is 9.56. The molecule has 0 spiro atoms. The number of fused-ring (bicyclic) bond motifs is 4. The van der Waals surface area contributed by atoms with Crippen LogP contribution in [0.3, 0.4) is 0 Å². The van der Waals surface area contributed by atoms with Crippen LogP contribution in [0, 0.1) is 24.7 Å². The second kappa shape index (κ2) is 8.67. The third-order valence-electron chi connectivity index (χ3n) is 9.20. The molecule has 2 saturated heterocycles. The average molecular weight is 567 g/mol. The minimum atomic E-state index is -1.91. The Labute approximate surface area is 236 Å². The van der Waals surface area contributed by atoms with Gasteiger partial charge in [-0.3, -0.25) is 29.0 Å². The Hall–Kier alpha value is -3.16. The van der Waals surface area contributed by atoms with E-state index in [1.165, 1.54) is 11.9 Å². The summed E-state index contributed by atoms with van der Waals surface area (Å²) in [5.41, 5.74) is 3.18.